The van der Waals surface area contributed by atoms with E-state index in [0.29, 0.717) is 36.4 Å². The van der Waals surface area contributed by atoms with Gasteiger partial charge in [0.25, 0.3) is 0 Å². The van der Waals surface area contributed by atoms with E-state index in [1.807, 2.05) is 5.83 Å². The number of hydrogen-bond donors (Lipinski definition) is 1. The van der Waals surface area contributed by atoms with Crippen molar-refractivity contribution in [2.75, 3.05) is 5.83 Å². The molecule has 0 aliphatic carbocycles. The number of carboxylic acids is 1. The second kappa shape index (κ2) is 7.56. The topological polar surface area (TPSA) is 60.4 Å². The van der Waals surface area contributed by atoms with Crippen LogP contribution in [0.25, 0.3) is 0 Å². The zero-order chi connectivity index (χ0) is 17.8. The zero-order valence-electron chi connectivity index (χ0n) is 11.6. The number of rotatable bonds is 3. The van der Waals surface area contributed by atoms with E-state index in [1.165, 1.54) is 0 Å². The van der Waals surface area contributed by atoms with Crippen LogP contribution < -0.4 is 5.11 Å². The van der Waals surface area contributed by atoms with Crippen LogP contribution in [0.4, 0.5) is 17.6 Å². The Morgan fingerprint density at radius 2 is 1.30 bits per heavy atom. The molecule has 2 rings (SSSR count). The first-order valence-corrected chi connectivity index (χ1v) is 7.58. The summed E-state index contributed by atoms with van der Waals surface area (Å²) in [6, 6.07) is 3.31. The monoisotopic (exact) mass is 393 g/mol. The van der Waals surface area contributed by atoms with Crippen LogP contribution in [0.5, 0.6) is 0 Å². The number of hydrogen-bond acceptors (Lipinski definition) is 3. The third kappa shape index (κ3) is 3.70. The average Bonchev–Trinajstić information content (AvgIpc) is 2.48. The van der Waals surface area contributed by atoms with Crippen molar-refractivity contribution in [2.24, 2.45) is 0 Å². The Bertz CT molecular complexity index is 670. The highest BCUT2D eigenvalue weighted by Crippen LogP contribution is 2.33. The molecule has 0 radical (unpaired) electrons. The molecule has 23 heavy (non-hydrogen) atoms. The van der Waals surface area contributed by atoms with Crippen molar-refractivity contribution in [1.29, 1.82) is 0 Å². The lowest BCUT2D eigenvalue weighted by Crippen LogP contribution is -2.48. The van der Waals surface area contributed by atoms with Crippen molar-refractivity contribution in [3.05, 3.63) is 70.8 Å². The van der Waals surface area contributed by atoms with E-state index < -0.39 is 46.0 Å². The molecule has 2 aromatic rings. The van der Waals surface area contributed by atoms with Gasteiger partial charge in [0.15, 0.2) is 5.60 Å². The van der Waals surface area contributed by atoms with E-state index >= 15 is 0 Å². The number of carboxylic acid groups (broad SMARTS) is 1. The summed E-state index contributed by atoms with van der Waals surface area (Å²) in [6.45, 7) is 0. The van der Waals surface area contributed by atoms with E-state index in [0.717, 1.165) is 0 Å². The smallest absolute Gasteiger partial charge is 0.160 e. The quantitative estimate of drug-likeness (QED) is 0.642. The molecule has 2 aromatic carbocycles. The molecule has 124 valence electrons. The predicted octanol–water partition coefficient (Wildman–Crippen LogP) is 2.24. The van der Waals surface area contributed by atoms with Gasteiger partial charge in [-0.05, 0) is 30.1 Å². The van der Waals surface area contributed by atoms with Crippen LogP contribution in [0.15, 0.2) is 36.4 Å². The predicted molar refractivity (Wildman–Crippen MR) is 75.6 cm³/mol. The third-order valence-corrected chi connectivity index (χ3v) is 2.94. The fourth-order valence-electron chi connectivity index (χ4n) is 1.93. The summed E-state index contributed by atoms with van der Waals surface area (Å²) in [6.07, 6.45) is 0. The lowest BCUT2D eigenvalue weighted by Gasteiger charge is -2.30. The molecule has 8 heteroatoms. The molecule has 3 nitrogen and oxygen atoms in total. The largest absolute Gasteiger partial charge is 0.546 e. The molecule has 0 aliphatic rings. The average molecular weight is 394 g/mol. The second-order valence-electron chi connectivity index (χ2n) is 4.25. The van der Waals surface area contributed by atoms with Crippen LogP contribution in [-0.4, -0.2) is 16.9 Å². The van der Waals surface area contributed by atoms with Crippen LogP contribution in [0, 0.1) is 23.3 Å². The number of carbonyl (C=O) groups excluding carboxylic acids is 1. The summed E-state index contributed by atoms with van der Waals surface area (Å²) in [4.78, 5) is 11.2. The molecule has 0 unspecified atom stereocenters. The van der Waals surface area contributed by atoms with E-state index in [2.05, 4.69) is 15.9 Å². The van der Waals surface area contributed by atoms with Gasteiger partial charge in [0.1, 0.15) is 23.3 Å². The van der Waals surface area contributed by atoms with Gasteiger partial charge in [0.2, 0.25) is 0 Å². The van der Waals surface area contributed by atoms with Crippen LogP contribution in [0.2, 0.25) is 0 Å². The molecular formula is C15H10BrF4O3-. The van der Waals surface area contributed by atoms with Crippen molar-refractivity contribution in [2.45, 2.75) is 5.60 Å². The molecule has 0 aromatic heterocycles. The molecule has 1 N–H and O–H groups in total. The van der Waals surface area contributed by atoms with E-state index in [-0.39, 0.29) is 0 Å². The number of carbonyl (C=O) groups is 1. The standard InChI is InChI=1S/C14H8F4O3.CH3Br/c15-7-1-3-9(11(17)5-7)14(21,13(19)20)10-4-2-8(16)6-12(10)18;1-2/h1-6,21H,(H,19,20);1H3/p-1. The summed E-state index contributed by atoms with van der Waals surface area (Å²) < 4.78 is 53.2. The van der Waals surface area contributed by atoms with Crippen LogP contribution in [0.1, 0.15) is 11.1 Å². The number of aliphatic hydroxyl groups is 1. The van der Waals surface area contributed by atoms with Gasteiger partial charge in [-0.3, -0.25) is 0 Å². The number of aliphatic carboxylic acids is 1. The molecule has 0 amide bonds. The maximum Gasteiger partial charge on any atom is 0.160 e. The van der Waals surface area contributed by atoms with Crippen molar-refractivity contribution in [3.63, 3.8) is 0 Å². The molecule has 0 bridgehead atoms. The minimum Gasteiger partial charge on any atom is -0.546 e. The Morgan fingerprint density at radius 3 is 1.57 bits per heavy atom. The second-order valence-corrected chi connectivity index (χ2v) is 4.25. The van der Waals surface area contributed by atoms with Crippen molar-refractivity contribution in [1.82, 2.24) is 0 Å². The van der Waals surface area contributed by atoms with Gasteiger partial charge < -0.3 is 15.0 Å². The maximum atomic E-state index is 13.7. The number of alkyl halides is 1. The lowest BCUT2D eigenvalue weighted by atomic mass is 9.85. The van der Waals surface area contributed by atoms with E-state index in [9.17, 15) is 32.6 Å². The molecule has 0 aliphatic heterocycles. The maximum absolute atomic E-state index is 13.7. The van der Waals surface area contributed by atoms with Crippen molar-refractivity contribution >= 4 is 21.9 Å². The van der Waals surface area contributed by atoms with Crippen LogP contribution >= 0.6 is 15.9 Å². The first-order chi connectivity index (χ1) is 10.8. The molecule has 0 spiro atoms. The summed E-state index contributed by atoms with van der Waals surface area (Å²) >= 11 is 2.94. The molecule has 0 fully saturated rings. The summed E-state index contributed by atoms with van der Waals surface area (Å²) in [5, 5.41) is 21.4. The van der Waals surface area contributed by atoms with Crippen LogP contribution in [0.3, 0.4) is 0 Å². The molecule has 0 saturated carbocycles. The Balaban J connectivity index is 0.00000127. The third-order valence-electron chi connectivity index (χ3n) is 2.94. The van der Waals surface area contributed by atoms with Gasteiger partial charge in [-0.2, -0.15) is 0 Å². The van der Waals surface area contributed by atoms with Crippen molar-refractivity contribution in [3.8, 4) is 0 Å². The first-order valence-electron chi connectivity index (χ1n) is 5.99. The minimum absolute atomic E-state index is 0.324. The Hall–Kier alpha value is -1.93. The normalized spacial score (nSPS) is 10.7. The van der Waals surface area contributed by atoms with Gasteiger partial charge in [0, 0.05) is 23.3 Å². The number of halogens is 5. The SMILES string of the molecule is CBr.O=C([O-])C(O)(c1ccc(F)cc1F)c1ccc(F)cc1F. The van der Waals surface area contributed by atoms with E-state index in [4.69, 9.17) is 0 Å². The summed E-state index contributed by atoms with van der Waals surface area (Å²) in [5.74, 6) is -5.28. The summed E-state index contributed by atoms with van der Waals surface area (Å²) in [5.41, 5.74) is -5.07. The highest BCUT2D eigenvalue weighted by molar-refractivity contribution is 9.08. The molecular weight excluding hydrogens is 384 g/mol. The molecule has 0 atom stereocenters. The van der Waals surface area contributed by atoms with Gasteiger partial charge >= 0.3 is 0 Å². The number of benzene rings is 2. The van der Waals surface area contributed by atoms with Crippen molar-refractivity contribution < 1.29 is 32.6 Å². The highest BCUT2D eigenvalue weighted by Gasteiger charge is 2.38. The highest BCUT2D eigenvalue weighted by atomic mass is 79.9. The Kier molecular flexibility index (Phi) is 6.28. The Morgan fingerprint density at radius 1 is 0.957 bits per heavy atom. The van der Waals surface area contributed by atoms with Crippen LogP contribution in [-0.2, 0) is 10.4 Å². The fraction of sp³-hybridized carbons (Fsp3) is 0.133. The minimum atomic E-state index is -3.23. The lowest BCUT2D eigenvalue weighted by molar-refractivity contribution is -0.323. The van der Waals surface area contributed by atoms with Gasteiger partial charge in [-0.15, -0.1) is 0 Å². The first kappa shape index (κ1) is 19.1. The van der Waals surface area contributed by atoms with Gasteiger partial charge in [-0.25, -0.2) is 17.6 Å². The van der Waals surface area contributed by atoms with E-state index in [1.54, 1.807) is 0 Å². The van der Waals surface area contributed by atoms with Gasteiger partial charge in [0.05, 0.1) is 5.97 Å². The fourth-order valence-corrected chi connectivity index (χ4v) is 1.93. The molecule has 0 saturated heterocycles. The molecule has 0 heterocycles. The summed E-state index contributed by atoms with van der Waals surface area (Å²) in [7, 11) is 0. The van der Waals surface area contributed by atoms with Gasteiger partial charge in [-0.1, -0.05) is 15.9 Å². The Labute approximate surface area is 137 Å². The zero-order valence-corrected chi connectivity index (χ0v) is 13.2.